The maximum absolute atomic E-state index is 3.54. The van der Waals surface area contributed by atoms with E-state index in [0.29, 0.717) is 0 Å². The molecule has 9 heavy (non-hydrogen) atoms. The molecule has 0 aromatic rings. The molecule has 0 amide bonds. The second-order valence-corrected chi connectivity index (χ2v) is 7.36. The number of hydrogen-bond acceptors (Lipinski definition) is 0. The van der Waals surface area contributed by atoms with Gasteiger partial charge in [-0.2, -0.15) is 0 Å². The van der Waals surface area contributed by atoms with E-state index in [0.717, 1.165) is 0 Å². The van der Waals surface area contributed by atoms with Crippen LogP contribution in [0.2, 0.25) is 18.6 Å². The highest BCUT2D eigenvalue weighted by Gasteiger charge is 2.18. The molecule has 1 radical (unpaired) electrons. The topological polar surface area (TPSA) is 0 Å². The van der Waals surface area contributed by atoms with Crippen LogP contribution in [0.25, 0.3) is 0 Å². The van der Waals surface area contributed by atoms with E-state index in [1.165, 1.54) is 12.1 Å². The van der Waals surface area contributed by atoms with Crippen LogP contribution < -0.4 is 0 Å². The van der Waals surface area contributed by atoms with Gasteiger partial charge in [0.2, 0.25) is 0 Å². The first-order valence-corrected chi connectivity index (χ1v) is 6.39. The van der Waals surface area contributed by atoms with E-state index in [1.54, 1.807) is 0 Å². The molecule has 0 heterocycles. The Morgan fingerprint density at radius 3 is 1.89 bits per heavy atom. The lowest BCUT2D eigenvalue weighted by Crippen LogP contribution is -2.25. The van der Waals surface area contributed by atoms with Gasteiger partial charge in [-0.25, -0.2) is 0 Å². The van der Waals surface area contributed by atoms with Crippen molar-refractivity contribution in [3.8, 4) is 11.5 Å². The van der Waals surface area contributed by atoms with Gasteiger partial charge in [0.25, 0.3) is 0 Å². The molecule has 0 rings (SSSR count). The van der Waals surface area contributed by atoms with Gasteiger partial charge in [-0.05, 0) is 12.1 Å². The van der Waals surface area contributed by atoms with E-state index >= 15 is 0 Å². The first-order valence-electron chi connectivity index (χ1n) is 3.47. The van der Waals surface area contributed by atoms with Crippen molar-refractivity contribution in [3.63, 3.8) is 0 Å². The summed E-state index contributed by atoms with van der Waals surface area (Å²) in [4.78, 5) is 0. The molecule has 0 saturated heterocycles. The summed E-state index contributed by atoms with van der Waals surface area (Å²) in [5.74, 6) is 2.77. The van der Waals surface area contributed by atoms with Crippen LogP contribution in [-0.2, 0) is 0 Å². The zero-order chi connectivity index (χ0) is 7.33. The average Bonchev–Trinajstić information content (AvgIpc) is 1.89. The SMILES string of the molecule is [CH2]C#C[Si](C)(CC)CC. The van der Waals surface area contributed by atoms with E-state index in [-0.39, 0.29) is 0 Å². The summed E-state index contributed by atoms with van der Waals surface area (Å²) in [5.41, 5.74) is 3.24. The summed E-state index contributed by atoms with van der Waals surface area (Å²) in [6, 6.07) is 2.51. The van der Waals surface area contributed by atoms with Gasteiger partial charge >= 0.3 is 0 Å². The summed E-state index contributed by atoms with van der Waals surface area (Å²) >= 11 is 0. The Bertz CT molecular complexity index is 123. The van der Waals surface area contributed by atoms with E-state index < -0.39 is 8.07 Å². The summed E-state index contributed by atoms with van der Waals surface area (Å²) in [6.07, 6.45) is 0. The van der Waals surface area contributed by atoms with Crippen LogP contribution >= 0.6 is 0 Å². The molecule has 0 aromatic carbocycles. The van der Waals surface area contributed by atoms with E-state index in [4.69, 9.17) is 0 Å². The molecule has 0 aliphatic heterocycles. The molecule has 0 fully saturated rings. The summed E-state index contributed by atoms with van der Waals surface area (Å²) in [7, 11) is -1.12. The highest BCUT2D eigenvalue weighted by atomic mass is 28.3. The smallest absolute Gasteiger partial charge is 0.131 e. The van der Waals surface area contributed by atoms with Crippen molar-refractivity contribution in [2.75, 3.05) is 0 Å². The second-order valence-electron chi connectivity index (χ2n) is 2.57. The Morgan fingerprint density at radius 2 is 1.78 bits per heavy atom. The van der Waals surface area contributed by atoms with Crippen LogP contribution in [0.15, 0.2) is 0 Å². The van der Waals surface area contributed by atoms with Crippen LogP contribution in [0.1, 0.15) is 13.8 Å². The Hall–Kier alpha value is -0.223. The minimum Gasteiger partial charge on any atom is -0.131 e. The summed E-state index contributed by atoms with van der Waals surface area (Å²) in [5, 5.41) is 0. The van der Waals surface area contributed by atoms with Crippen molar-refractivity contribution >= 4 is 8.07 Å². The molecular weight excluding hydrogens is 124 g/mol. The molecule has 0 spiro atoms. The lowest BCUT2D eigenvalue weighted by Gasteiger charge is -2.14. The highest BCUT2D eigenvalue weighted by Crippen LogP contribution is 2.12. The number of hydrogen-bond donors (Lipinski definition) is 0. The van der Waals surface area contributed by atoms with Crippen molar-refractivity contribution in [2.24, 2.45) is 0 Å². The van der Waals surface area contributed by atoms with Crippen molar-refractivity contribution in [1.29, 1.82) is 0 Å². The molecule has 0 unspecified atom stereocenters. The zero-order valence-corrected chi connectivity index (χ0v) is 7.62. The first kappa shape index (κ1) is 8.78. The van der Waals surface area contributed by atoms with Crippen molar-refractivity contribution in [2.45, 2.75) is 32.5 Å². The zero-order valence-electron chi connectivity index (χ0n) is 6.62. The molecule has 0 aromatic heterocycles. The minimum absolute atomic E-state index is 1.12. The van der Waals surface area contributed by atoms with Crippen LogP contribution in [0, 0.1) is 18.4 Å². The van der Waals surface area contributed by atoms with Crippen molar-refractivity contribution in [3.05, 3.63) is 6.92 Å². The predicted molar refractivity (Wildman–Crippen MR) is 45.7 cm³/mol. The monoisotopic (exact) mass is 139 g/mol. The van der Waals surface area contributed by atoms with Crippen LogP contribution in [0.4, 0.5) is 0 Å². The Labute approximate surface area is 59.7 Å². The minimum atomic E-state index is -1.12. The maximum Gasteiger partial charge on any atom is 0.134 e. The van der Waals surface area contributed by atoms with Crippen LogP contribution in [-0.4, -0.2) is 8.07 Å². The second kappa shape index (κ2) is 3.74. The van der Waals surface area contributed by atoms with E-state index in [9.17, 15) is 0 Å². The molecule has 0 N–H and O–H groups in total. The third-order valence-corrected chi connectivity index (χ3v) is 5.85. The lowest BCUT2D eigenvalue weighted by molar-refractivity contribution is 1.28. The van der Waals surface area contributed by atoms with Crippen molar-refractivity contribution in [1.82, 2.24) is 0 Å². The van der Waals surface area contributed by atoms with Gasteiger partial charge in [-0.15, -0.1) is 11.5 Å². The Morgan fingerprint density at radius 1 is 1.33 bits per heavy atom. The first-order chi connectivity index (χ1) is 4.18. The highest BCUT2D eigenvalue weighted by molar-refractivity contribution is 6.86. The van der Waals surface area contributed by atoms with Crippen LogP contribution in [0.3, 0.4) is 0 Å². The maximum atomic E-state index is 3.54. The molecule has 51 valence electrons. The summed E-state index contributed by atoms with van der Waals surface area (Å²) in [6.45, 7) is 10.3. The average molecular weight is 139 g/mol. The van der Waals surface area contributed by atoms with Gasteiger partial charge in [0.15, 0.2) is 0 Å². The van der Waals surface area contributed by atoms with Crippen molar-refractivity contribution < 1.29 is 0 Å². The molecule has 0 aliphatic carbocycles. The third-order valence-electron chi connectivity index (χ3n) is 1.95. The molecular formula is C8H15Si. The van der Waals surface area contributed by atoms with E-state index in [1.807, 2.05) is 0 Å². The van der Waals surface area contributed by atoms with Gasteiger partial charge in [-0.3, -0.25) is 0 Å². The van der Waals surface area contributed by atoms with Gasteiger partial charge < -0.3 is 0 Å². The molecule has 0 aliphatic rings. The Balaban J connectivity index is 4.03. The fourth-order valence-electron chi connectivity index (χ4n) is 0.640. The molecule has 0 saturated carbocycles. The van der Waals surface area contributed by atoms with Gasteiger partial charge in [0.05, 0.1) is 0 Å². The largest absolute Gasteiger partial charge is 0.134 e. The van der Waals surface area contributed by atoms with Crippen LogP contribution in [0.5, 0.6) is 0 Å². The quantitative estimate of drug-likeness (QED) is 0.407. The van der Waals surface area contributed by atoms with Gasteiger partial charge in [-0.1, -0.05) is 20.4 Å². The standard InChI is InChI=1S/C8H15Si/c1-5-8-9(4,6-2)7-3/h1,6-7H2,2-4H3. The van der Waals surface area contributed by atoms with Gasteiger partial charge in [0, 0.05) is 6.92 Å². The fraction of sp³-hybridized carbons (Fsp3) is 0.625. The fourth-order valence-corrected chi connectivity index (χ4v) is 1.92. The predicted octanol–water partition coefficient (Wildman–Crippen LogP) is 2.48. The molecule has 0 atom stereocenters. The summed E-state index contributed by atoms with van der Waals surface area (Å²) < 4.78 is 0. The molecule has 0 bridgehead atoms. The number of rotatable bonds is 2. The third kappa shape index (κ3) is 2.72. The normalized spacial score (nSPS) is 10.2. The molecule has 1 heteroatoms. The van der Waals surface area contributed by atoms with Gasteiger partial charge in [0.1, 0.15) is 8.07 Å². The molecule has 0 nitrogen and oxygen atoms in total. The Kier molecular flexibility index (Phi) is 3.64. The lowest BCUT2D eigenvalue weighted by atomic mass is 10.8. The van der Waals surface area contributed by atoms with E-state index in [2.05, 4.69) is 38.8 Å².